The number of ether oxygens (including phenoxy) is 1. The number of unbranched alkanes of at least 4 members (excludes halogenated alkanes) is 1. The predicted molar refractivity (Wildman–Crippen MR) is 96.7 cm³/mol. The van der Waals surface area contributed by atoms with Crippen LogP contribution >= 0.6 is 0 Å². The number of aryl methyl sites for hydroxylation is 1. The number of pyridine rings is 1. The molecule has 8 nitrogen and oxygen atoms in total. The molecule has 0 saturated carbocycles. The lowest BCUT2D eigenvalue weighted by Crippen LogP contribution is -2.25. The van der Waals surface area contributed by atoms with Crippen molar-refractivity contribution in [1.29, 1.82) is 0 Å². The monoisotopic (exact) mass is 359 g/mol. The number of nitrogens with zero attached hydrogens (tertiary/aromatic N) is 2. The zero-order chi connectivity index (χ0) is 19.1. The van der Waals surface area contributed by atoms with Crippen molar-refractivity contribution in [3.8, 4) is 5.75 Å². The van der Waals surface area contributed by atoms with Crippen LogP contribution in [0.1, 0.15) is 28.9 Å². The van der Waals surface area contributed by atoms with E-state index in [0.717, 1.165) is 12.1 Å². The number of nitrogens with one attached hydrogen (secondary N) is 1. The summed E-state index contributed by atoms with van der Waals surface area (Å²) >= 11 is 0. The molecule has 0 bridgehead atoms. The second-order valence-electron chi connectivity index (χ2n) is 5.76. The van der Waals surface area contributed by atoms with Gasteiger partial charge in [-0.1, -0.05) is 6.07 Å². The number of carbonyl (C=O) groups excluding carboxylic acids is 1. The molecule has 1 aromatic carbocycles. The summed E-state index contributed by atoms with van der Waals surface area (Å²) in [4.78, 5) is 34.3. The Bertz CT molecular complexity index is 860. The van der Waals surface area contributed by atoms with Gasteiger partial charge in [-0.15, -0.1) is 0 Å². The molecule has 0 aliphatic rings. The summed E-state index contributed by atoms with van der Waals surface area (Å²) in [7, 11) is 1.34. The second kappa shape index (κ2) is 8.80. The summed E-state index contributed by atoms with van der Waals surface area (Å²) < 4.78 is 6.60. The van der Waals surface area contributed by atoms with E-state index in [1.54, 1.807) is 10.6 Å². The number of benzene rings is 1. The minimum Gasteiger partial charge on any atom is -0.490 e. The topological polar surface area (TPSA) is 103 Å². The van der Waals surface area contributed by atoms with Gasteiger partial charge in [0.25, 0.3) is 11.5 Å². The van der Waals surface area contributed by atoms with E-state index in [4.69, 9.17) is 4.74 Å². The molecule has 0 fully saturated rings. The van der Waals surface area contributed by atoms with Crippen LogP contribution in [0.2, 0.25) is 0 Å². The van der Waals surface area contributed by atoms with E-state index in [0.29, 0.717) is 19.5 Å². The van der Waals surface area contributed by atoms with Gasteiger partial charge in [-0.3, -0.25) is 19.7 Å². The molecule has 0 unspecified atom stereocenters. The SMILES string of the molecule is COc1ccc(C(=O)NCCCCn2c(C)cccc2=O)cc1[N+](=O)[O-]. The summed E-state index contributed by atoms with van der Waals surface area (Å²) in [6.45, 7) is 2.87. The van der Waals surface area contributed by atoms with Crippen molar-refractivity contribution in [1.82, 2.24) is 9.88 Å². The quantitative estimate of drug-likeness (QED) is 0.442. The zero-order valence-electron chi connectivity index (χ0n) is 14.7. The first kappa shape index (κ1) is 19.2. The van der Waals surface area contributed by atoms with E-state index in [1.165, 1.54) is 31.4 Å². The van der Waals surface area contributed by atoms with Crippen LogP contribution in [0.25, 0.3) is 0 Å². The third kappa shape index (κ3) is 4.69. The van der Waals surface area contributed by atoms with Gasteiger partial charge in [0.15, 0.2) is 5.75 Å². The largest absolute Gasteiger partial charge is 0.490 e. The fourth-order valence-corrected chi connectivity index (χ4v) is 2.58. The van der Waals surface area contributed by atoms with Gasteiger partial charge >= 0.3 is 5.69 Å². The zero-order valence-corrected chi connectivity index (χ0v) is 14.7. The molecule has 0 aliphatic heterocycles. The van der Waals surface area contributed by atoms with E-state index < -0.39 is 4.92 Å². The number of aromatic nitrogens is 1. The molecule has 0 spiro atoms. The van der Waals surface area contributed by atoms with E-state index >= 15 is 0 Å². The number of hydrogen-bond acceptors (Lipinski definition) is 5. The van der Waals surface area contributed by atoms with Crippen LogP contribution in [0.4, 0.5) is 5.69 Å². The Morgan fingerprint density at radius 1 is 1.27 bits per heavy atom. The maximum atomic E-state index is 12.1. The number of methoxy groups -OCH3 is 1. The summed E-state index contributed by atoms with van der Waals surface area (Å²) in [5.74, 6) is -0.279. The van der Waals surface area contributed by atoms with Crippen LogP contribution < -0.4 is 15.6 Å². The molecule has 1 aromatic heterocycles. The highest BCUT2D eigenvalue weighted by atomic mass is 16.6. The predicted octanol–water partition coefficient (Wildman–Crippen LogP) is 2.28. The number of carbonyl (C=O) groups is 1. The Morgan fingerprint density at radius 2 is 2.04 bits per heavy atom. The maximum absolute atomic E-state index is 12.1. The molecule has 0 radical (unpaired) electrons. The summed E-state index contributed by atoms with van der Waals surface area (Å²) in [6.07, 6.45) is 1.42. The molecule has 138 valence electrons. The van der Waals surface area contributed by atoms with Crippen molar-refractivity contribution in [2.75, 3.05) is 13.7 Å². The van der Waals surface area contributed by atoms with Gasteiger partial charge in [0, 0.05) is 36.5 Å². The summed E-state index contributed by atoms with van der Waals surface area (Å²) in [6, 6.07) is 9.19. The van der Waals surface area contributed by atoms with Gasteiger partial charge in [0.05, 0.1) is 12.0 Å². The van der Waals surface area contributed by atoms with Crippen molar-refractivity contribution >= 4 is 11.6 Å². The fraction of sp³-hybridized carbons (Fsp3) is 0.333. The van der Waals surface area contributed by atoms with Crippen molar-refractivity contribution in [3.63, 3.8) is 0 Å². The first-order valence-electron chi connectivity index (χ1n) is 8.21. The Labute approximate surface area is 150 Å². The van der Waals surface area contributed by atoms with Gasteiger partial charge in [0.2, 0.25) is 0 Å². The molecular formula is C18H21N3O5. The van der Waals surface area contributed by atoms with Gasteiger partial charge < -0.3 is 14.6 Å². The summed E-state index contributed by atoms with van der Waals surface area (Å²) in [5, 5.41) is 13.7. The van der Waals surface area contributed by atoms with Crippen molar-refractivity contribution in [2.24, 2.45) is 0 Å². The Balaban J connectivity index is 1.86. The molecule has 26 heavy (non-hydrogen) atoms. The number of amides is 1. The molecule has 0 aliphatic carbocycles. The van der Waals surface area contributed by atoms with Crippen LogP contribution in [0.5, 0.6) is 5.75 Å². The molecule has 2 rings (SSSR count). The van der Waals surface area contributed by atoms with Crippen LogP contribution in [-0.2, 0) is 6.54 Å². The normalized spacial score (nSPS) is 10.4. The van der Waals surface area contributed by atoms with Crippen molar-refractivity contribution < 1.29 is 14.5 Å². The smallest absolute Gasteiger partial charge is 0.311 e. The van der Waals surface area contributed by atoms with Gasteiger partial charge in [-0.05, 0) is 38.0 Å². The second-order valence-corrected chi connectivity index (χ2v) is 5.76. The number of hydrogen-bond donors (Lipinski definition) is 1. The van der Waals surface area contributed by atoms with Crippen LogP contribution in [0.3, 0.4) is 0 Å². The van der Waals surface area contributed by atoms with Crippen LogP contribution in [-0.4, -0.2) is 29.1 Å². The lowest BCUT2D eigenvalue weighted by atomic mass is 10.1. The average Bonchev–Trinajstić information content (AvgIpc) is 2.62. The highest BCUT2D eigenvalue weighted by molar-refractivity contribution is 5.95. The lowest BCUT2D eigenvalue weighted by Gasteiger charge is -2.10. The minimum absolute atomic E-state index is 0.0421. The van der Waals surface area contributed by atoms with E-state index in [9.17, 15) is 19.7 Å². The Hall–Kier alpha value is -3.16. The first-order valence-corrected chi connectivity index (χ1v) is 8.21. The van der Waals surface area contributed by atoms with Gasteiger partial charge in [0.1, 0.15) is 0 Å². The molecule has 1 N–H and O–H groups in total. The molecule has 2 aromatic rings. The molecule has 8 heteroatoms. The number of nitro benzene ring substituents is 1. The van der Waals surface area contributed by atoms with E-state index in [2.05, 4.69) is 5.32 Å². The molecule has 1 heterocycles. The third-order valence-corrected chi connectivity index (χ3v) is 4.00. The molecule has 1 amide bonds. The molecule has 0 atom stereocenters. The first-order chi connectivity index (χ1) is 12.4. The van der Waals surface area contributed by atoms with Crippen LogP contribution in [0.15, 0.2) is 41.2 Å². The highest BCUT2D eigenvalue weighted by Gasteiger charge is 2.17. The Morgan fingerprint density at radius 3 is 2.69 bits per heavy atom. The van der Waals surface area contributed by atoms with Gasteiger partial charge in [-0.2, -0.15) is 0 Å². The fourth-order valence-electron chi connectivity index (χ4n) is 2.58. The summed E-state index contributed by atoms with van der Waals surface area (Å²) in [5.41, 5.74) is 0.804. The number of nitro groups is 1. The van der Waals surface area contributed by atoms with Crippen molar-refractivity contribution in [3.05, 3.63) is 68.1 Å². The molecule has 0 saturated heterocycles. The van der Waals surface area contributed by atoms with Crippen molar-refractivity contribution in [2.45, 2.75) is 26.3 Å². The lowest BCUT2D eigenvalue weighted by molar-refractivity contribution is -0.385. The highest BCUT2D eigenvalue weighted by Crippen LogP contribution is 2.27. The Kier molecular flexibility index (Phi) is 6.48. The standard InChI is InChI=1S/C18H21N3O5/c1-13-6-5-7-17(22)20(13)11-4-3-10-19-18(23)14-8-9-16(26-2)15(12-14)21(24)25/h5-9,12H,3-4,10-11H2,1-2H3,(H,19,23). The number of rotatable bonds is 8. The third-order valence-electron chi connectivity index (χ3n) is 4.00. The van der Waals surface area contributed by atoms with Gasteiger partial charge in [-0.25, -0.2) is 0 Å². The van der Waals surface area contributed by atoms with E-state index in [-0.39, 0.29) is 28.5 Å². The van der Waals surface area contributed by atoms with E-state index in [1.807, 2.05) is 13.0 Å². The maximum Gasteiger partial charge on any atom is 0.311 e. The van der Waals surface area contributed by atoms with Crippen LogP contribution in [0, 0.1) is 17.0 Å². The minimum atomic E-state index is -0.588. The average molecular weight is 359 g/mol. The molecular weight excluding hydrogens is 338 g/mol.